The van der Waals surface area contributed by atoms with Gasteiger partial charge in [-0.05, 0) is 24.2 Å². The van der Waals surface area contributed by atoms with Gasteiger partial charge >= 0.3 is 0 Å². The molecule has 1 aromatic carbocycles. The first kappa shape index (κ1) is 9.62. The summed E-state index contributed by atoms with van der Waals surface area (Å²) >= 11 is 4.15. The third-order valence-electron chi connectivity index (χ3n) is 1.84. The second-order valence-electron chi connectivity index (χ2n) is 2.96. The largest absolute Gasteiger partial charge is 0.327 e. The van der Waals surface area contributed by atoms with E-state index in [1.807, 2.05) is 18.2 Å². The molecular weight excluding hydrogens is 166 g/mol. The molecule has 0 spiro atoms. The zero-order valence-corrected chi connectivity index (χ0v) is 8.00. The van der Waals surface area contributed by atoms with Crippen molar-refractivity contribution < 1.29 is 0 Å². The van der Waals surface area contributed by atoms with Crippen LogP contribution in [0, 0.1) is 0 Å². The van der Waals surface area contributed by atoms with Crippen LogP contribution in [0.1, 0.15) is 12.0 Å². The van der Waals surface area contributed by atoms with Crippen LogP contribution in [-0.4, -0.2) is 11.8 Å². The smallest absolute Gasteiger partial charge is 0.00870 e. The molecule has 1 unspecified atom stereocenters. The number of thiol groups is 1. The van der Waals surface area contributed by atoms with Crippen LogP contribution < -0.4 is 5.73 Å². The molecule has 0 bridgehead atoms. The van der Waals surface area contributed by atoms with Gasteiger partial charge in [-0.25, -0.2) is 0 Å². The van der Waals surface area contributed by atoms with E-state index in [0.29, 0.717) is 0 Å². The molecule has 0 aliphatic rings. The summed E-state index contributed by atoms with van der Waals surface area (Å²) in [5, 5.41) is 0. The average molecular weight is 181 g/mol. The average Bonchev–Trinajstić information content (AvgIpc) is 2.06. The van der Waals surface area contributed by atoms with Gasteiger partial charge in [0.05, 0.1) is 0 Å². The van der Waals surface area contributed by atoms with Crippen molar-refractivity contribution in [3.63, 3.8) is 0 Å². The normalized spacial score (nSPS) is 12.8. The van der Waals surface area contributed by atoms with Crippen molar-refractivity contribution in [2.75, 3.05) is 5.75 Å². The van der Waals surface area contributed by atoms with E-state index in [1.54, 1.807) is 0 Å². The fraction of sp³-hybridized carbons (Fsp3) is 0.400. The lowest BCUT2D eigenvalue weighted by atomic mass is 10.1. The monoisotopic (exact) mass is 181 g/mol. The molecule has 0 saturated heterocycles. The van der Waals surface area contributed by atoms with Crippen molar-refractivity contribution >= 4 is 12.6 Å². The van der Waals surface area contributed by atoms with Crippen molar-refractivity contribution in [1.82, 2.24) is 0 Å². The molecule has 0 amide bonds. The maximum Gasteiger partial charge on any atom is 0.00870 e. The number of hydrogen-bond donors (Lipinski definition) is 2. The van der Waals surface area contributed by atoms with Crippen LogP contribution in [0.3, 0.4) is 0 Å². The second-order valence-corrected chi connectivity index (χ2v) is 3.41. The highest BCUT2D eigenvalue weighted by atomic mass is 32.1. The molecule has 0 heterocycles. The van der Waals surface area contributed by atoms with Gasteiger partial charge < -0.3 is 5.73 Å². The summed E-state index contributed by atoms with van der Waals surface area (Å²) in [7, 11) is 0. The van der Waals surface area contributed by atoms with Gasteiger partial charge in [-0.1, -0.05) is 30.3 Å². The summed E-state index contributed by atoms with van der Waals surface area (Å²) in [4.78, 5) is 0. The molecule has 1 rings (SSSR count). The Morgan fingerprint density at radius 2 is 1.92 bits per heavy atom. The summed E-state index contributed by atoms with van der Waals surface area (Å²) in [6, 6.07) is 10.6. The predicted molar refractivity (Wildman–Crippen MR) is 56.6 cm³/mol. The molecule has 0 aliphatic carbocycles. The molecule has 0 fully saturated rings. The molecule has 1 atom stereocenters. The molecule has 0 aromatic heterocycles. The van der Waals surface area contributed by atoms with E-state index in [4.69, 9.17) is 5.73 Å². The standard InChI is InChI=1S/C10H15NS/c11-10(6-7-12)8-9-4-2-1-3-5-9/h1-5,10,12H,6-8,11H2. The molecular formula is C10H15NS. The van der Waals surface area contributed by atoms with Crippen molar-refractivity contribution in [2.24, 2.45) is 5.73 Å². The molecule has 0 aliphatic heterocycles. The minimum atomic E-state index is 0.255. The molecule has 0 radical (unpaired) electrons. The first-order valence-corrected chi connectivity index (χ1v) is 4.86. The fourth-order valence-electron chi connectivity index (χ4n) is 1.18. The van der Waals surface area contributed by atoms with E-state index in [-0.39, 0.29) is 6.04 Å². The predicted octanol–water partition coefficient (Wildman–Crippen LogP) is 1.88. The lowest BCUT2D eigenvalue weighted by molar-refractivity contribution is 0.652. The molecule has 0 saturated carbocycles. The van der Waals surface area contributed by atoms with Gasteiger partial charge in [0.25, 0.3) is 0 Å². The number of rotatable bonds is 4. The third kappa shape index (κ3) is 3.28. The zero-order chi connectivity index (χ0) is 8.81. The van der Waals surface area contributed by atoms with Crippen LogP contribution in [0.5, 0.6) is 0 Å². The lowest BCUT2D eigenvalue weighted by Gasteiger charge is -2.08. The highest BCUT2D eigenvalue weighted by Crippen LogP contribution is 2.04. The Bertz CT molecular complexity index is 210. The quantitative estimate of drug-likeness (QED) is 0.681. The van der Waals surface area contributed by atoms with Gasteiger partial charge in [-0.2, -0.15) is 12.6 Å². The van der Waals surface area contributed by atoms with Crippen molar-refractivity contribution in [1.29, 1.82) is 0 Å². The fourth-order valence-corrected chi connectivity index (χ4v) is 1.52. The van der Waals surface area contributed by atoms with Crippen molar-refractivity contribution in [2.45, 2.75) is 18.9 Å². The van der Waals surface area contributed by atoms with Gasteiger partial charge in [0.1, 0.15) is 0 Å². The van der Waals surface area contributed by atoms with E-state index in [2.05, 4.69) is 24.8 Å². The van der Waals surface area contributed by atoms with E-state index >= 15 is 0 Å². The van der Waals surface area contributed by atoms with Crippen LogP contribution >= 0.6 is 12.6 Å². The topological polar surface area (TPSA) is 26.0 Å². The van der Waals surface area contributed by atoms with Crippen LogP contribution in [0.25, 0.3) is 0 Å². The highest BCUT2D eigenvalue weighted by molar-refractivity contribution is 7.80. The molecule has 12 heavy (non-hydrogen) atoms. The minimum absolute atomic E-state index is 0.255. The molecule has 1 nitrogen and oxygen atoms in total. The Hall–Kier alpha value is -0.470. The lowest BCUT2D eigenvalue weighted by Crippen LogP contribution is -2.23. The van der Waals surface area contributed by atoms with Crippen molar-refractivity contribution in [3.05, 3.63) is 35.9 Å². The van der Waals surface area contributed by atoms with Crippen LogP contribution in [0.4, 0.5) is 0 Å². The SMILES string of the molecule is NC(CCS)Cc1ccccc1. The summed E-state index contributed by atoms with van der Waals surface area (Å²) in [6.07, 6.45) is 1.94. The van der Waals surface area contributed by atoms with Gasteiger partial charge in [-0.15, -0.1) is 0 Å². The second kappa shape index (κ2) is 5.22. The molecule has 66 valence electrons. The Labute approximate surface area is 79.4 Å². The summed E-state index contributed by atoms with van der Waals surface area (Å²) < 4.78 is 0. The minimum Gasteiger partial charge on any atom is -0.327 e. The summed E-state index contributed by atoms with van der Waals surface area (Å²) in [5.41, 5.74) is 7.18. The van der Waals surface area contributed by atoms with E-state index in [0.717, 1.165) is 18.6 Å². The van der Waals surface area contributed by atoms with Crippen molar-refractivity contribution in [3.8, 4) is 0 Å². The maximum atomic E-state index is 5.87. The Morgan fingerprint density at radius 1 is 1.25 bits per heavy atom. The molecule has 2 N–H and O–H groups in total. The zero-order valence-electron chi connectivity index (χ0n) is 7.11. The van der Waals surface area contributed by atoms with E-state index in [9.17, 15) is 0 Å². The first-order chi connectivity index (χ1) is 5.83. The third-order valence-corrected chi connectivity index (χ3v) is 2.10. The Balaban J connectivity index is 2.41. The van der Waals surface area contributed by atoms with Gasteiger partial charge in [0.2, 0.25) is 0 Å². The van der Waals surface area contributed by atoms with Gasteiger partial charge in [0.15, 0.2) is 0 Å². The number of nitrogens with two attached hydrogens (primary N) is 1. The highest BCUT2D eigenvalue weighted by Gasteiger charge is 2.01. The Morgan fingerprint density at radius 3 is 2.50 bits per heavy atom. The molecule has 2 heteroatoms. The van der Waals surface area contributed by atoms with Crippen LogP contribution in [0.2, 0.25) is 0 Å². The summed E-state index contributed by atoms with van der Waals surface area (Å²) in [6.45, 7) is 0. The maximum absolute atomic E-state index is 5.87. The van der Waals surface area contributed by atoms with E-state index < -0.39 is 0 Å². The van der Waals surface area contributed by atoms with Gasteiger partial charge in [-0.3, -0.25) is 0 Å². The van der Waals surface area contributed by atoms with Crippen LogP contribution in [-0.2, 0) is 6.42 Å². The number of benzene rings is 1. The first-order valence-electron chi connectivity index (χ1n) is 4.23. The number of hydrogen-bond acceptors (Lipinski definition) is 2. The summed E-state index contributed by atoms with van der Waals surface area (Å²) in [5.74, 6) is 0.869. The van der Waals surface area contributed by atoms with E-state index in [1.165, 1.54) is 5.56 Å². The van der Waals surface area contributed by atoms with Gasteiger partial charge in [0, 0.05) is 6.04 Å². The Kier molecular flexibility index (Phi) is 4.19. The molecule has 1 aromatic rings. The van der Waals surface area contributed by atoms with Crippen LogP contribution in [0.15, 0.2) is 30.3 Å².